The van der Waals surface area contributed by atoms with Crippen molar-refractivity contribution in [1.29, 1.82) is 0 Å². The van der Waals surface area contributed by atoms with E-state index in [1.54, 1.807) is 12.4 Å². The fraction of sp³-hybridized carbons (Fsp3) is 0.714. The van der Waals surface area contributed by atoms with E-state index < -0.39 is 0 Å². The molecule has 3 N–H and O–H groups in total. The fourth-order valence-corrected chi connectivity index (χ4v) is 3.01. The SMILES string of the molecule is CC(C)Oc1cncc(NC2C(N)C3CCCOC32)n1. The van der Waals surface area contributed by atoms with Crippen LogP contribution in [0.25, 0.3) is 0 Å². The van der Waals surface area contributed by atoms with Crippen LogP contribution in [-0.4, -0.2) is 40.9 Å². The van der Waals surface area contributed by atoms with Crippen LogP contribution < -0.4 is 15.8 Å². The summed E-state index contributed by atoms with van der Waals surface area (Å²) in [6.45, 7) is 4.75. The van der Waals surface area contributed by atoms with Crippen molar-refractivity contribution < 1.29 is 9.47 Å². The minimum Gasteiger partial charge on any atom is -0.474 e. The summed E-state index contributed by atoms with van der Waals surface area (Å²) in [6, 6.07) is 0.237. The first-order valence-electron chi connectivity index (χ1n) is 7.27. The van der Waals surface area contributed by atoms with Crippen LogP contribution in [0.1, 0.15) is 26.7 Å². The molecule has 6 nitrogen and oxygen atoms in total. The van der Waals surface area contributed by atoms with Gasteiger partial charge in [-0.1, -0.05) is 0 Å². The van der Waals surface area contributed by atoms with E-state index in [1.807, 2.05) is 13.8 Å². The van der Waals surface area contributed by atoms with Gasteiger partial charge in [0.25, 0.3) is 0 Å². The van der Waals surface area contributed by atoms with Crippen LogP contribution in [0.2, 0.25) is 0 Å². The van der Waals surface area contributed by atoms with Gasteiger partial charge >= 0.3 is 0 Å². The Balaban J connectivity index is 1.65. The molecule has 1 aliphatic carbocycles. The van der Waals surface area contributed by atoms with Gasteiger partial charge in [-0.05, 0) is 26.7 Å². The maximum absolute atomic E-state index is 6.22. The smallest absolute Gasteiger partial charge is 0.234 e. The lowest BCUT2D eigenvalue weighted by Crippen LogP contribution is -2.69. The van der Waals surface area contributed by atoms with Crippen LogP contribution in [0, 0.1) is 5.92 Å². The molecule has 2 heterocycles. The highest BCUT2D eigenvalue weighted by molar-refractivity contribution is 5.38. The van der Waals surface area contributed by atoms with Gasteiger partial charge in [0.05, 0.1) is 30.6 Å². The fourth-order valence-electron chi connectivity index (χ4n) is 3.01. The number of fused-ring (bicyclic) bond motifs is 1. The lowest BCUT2D eigenvalue weighted by Gasteiger charge is -2.52. The molecule has 1 saturated heterocycles. The summed E-state index contributed by atoms with van der Waals surface area (Å²) in [5, 5.41) is 3.34. The molecule has 0 bridgehead atoms. The van der Waals surface area contributed by atoms with Crippen LogP contribution in [0.4, 0.5) is 5.82 Å². The monoisotopic (exact) mass is 278 g/mol. The van der Waals surface area contributed by atoms with Crippen LogP contribution >= 0.6 is 0 Å². The molecule has 3 rings (SSSR count). The van der Waals surface area contributed by atoms with Crippen molar-refractivity contribution in [3.8, 4) is 5.88 Å². The third-order valence-electron chi connectivity index (χ3n) is 3.96. The largest absolute Gasteiger partial charge is 0.474 e. The molecule has 4 atom stereocenters. The Hall–Kier alpha value is -1.40. The van der Waals surface area contributed by atoms with Crippen molar-refractivity contribution in [3.05, 3.63) is 12.4 Å². The van der Waals surface area contributed by atoms with Crippen molar-refractivity contribution in [1.82, 2.24) is 9.97 Å². The predicted octanol–water partition coefficient (Wildman–Crippen LogP) is 1.18. The first-order chi connectivity index (χ1) is 9.65. The zero-order valence-corrected chi connectivity index (χ0v) is 12.0. The maximum atomic E-state index is 6.22. The summed E-state index contributed by atoms with van der Waals surface area (Å²) in [5.74, 6) is 1.69. The zero-order valence-electron chi connectivity index (χ0n) is 12.0. The lowest BCUT2D eigenvalue weighted by atomic mass is 9.69. The van der Waals surface area contributed by atoms with E-state index in [0.717, 1.165) is 19.4 Å². The molecule has 0 aromatic carbocycles. The normalized spacial score (nSPS) is 32.4. The van der Waals surface area contributed by atoms with Crippen molar-refractivity contribution in [2.24, 2.45) is 11.7 Å². The second-order valence-corrected chi connectivity index (χ2v) is 5.80. The topological polar surface area (TPSA) is 82.3 Å². The summed E-state index contributed by atoms with van der Waals surface area (Å²) in [4.78, 5) is 8.55. The zero-order chi connectivity index (χ0) is 14.1. The van der Waals surface area contributed by atoms with Crippen LogP contribution in [0.3, 0.4) is 0 Å². The Kier molecular flexibility index (Phi) is 3.76. The molecule has 2 aliphatic rings. The second kappa shape index (κ2) is 5.54. The summed E-state index contributed by atoms with van der Waals surface area (Å²) >= 11 is 0. The Labute approximate surface area is 119 Å². The number of hydrogen-bond donors (Lipinski definition) is 2. The molecular weight excluding hydrogens is 256 g/mol. The van der Waals surface area contributed by atoms with Gasteiger partial charge in [0.2, 0.25) is 5.88 Å². The summed E-state index contributed by atoms with van der Waals surface area (Å²) in [6.07, 6.45) is 5.86. The molecule has 2 fully saturated rings. The Morgan fingerprint density at radius 1 is 1.45 bits per heavy atom. The van der Waals surface area contributed by atoms with Gasteiger partial charge in [-0.25, -0.2) is 0 Å². The Morgan fingerprint density at radius 3 is 3.10 bits per heavy atom. The van der Waals surface area contributed by atoms with Gasteiger partial charge in [0.1, 0.15) is 5.82 Å². The molecule has 20 heavy (non-hydrogen) atoms. The molecule has 1 saturated carbocycles. The summed E-state index contributed by atoms with van der Waals surface area (Å²) < 4.78 is 11.4. The van der Waals surface area contributed by atoms with Gasteiger partial charge in [-0.2, -0.15) is 4.98 Å². The lowest BCUT2D eigenvalue weighted by molar-refractivity contribution is -0.104. The quantitative estimate of drug-likeness (QED) is 0.860. The summed E-state index contributed by atoms with van der Waals surface area (Å²) in [5.41, 5.74) is 6.22. The van der Waals surface area contributed by atoms with Gasteiger partial charge < -0.3 is 20.5 Å². The van der Waals surface area contributed by atoms with Gasteiger partial charge in [0.15, 0.2) is 0 Å². The van der Waals surface area contributed by atoms with E-state index in [4.69, 9.17) is 15.2 Å². The van der Waals surface area contributed by atoms with Crippen molar-refractivity contribution in [2.45, 2.75) is 51.0 Å². The standard InChI is InChI=1S/C14H22N4O2/c1-8(2)20-11-7-16-6-10(17-11)18-13-12(15)9-4-3-5-19-14(9)13/h6-9,12-14H,3-5,15H2,1-2H3,(H,17,18). The number of nitrogens with one attached hydrogen (secondary N) is 1. The molecule has 0 amide bonds. The Bertz CT molecular complexity index is 468. The van der Waals surface area contributed by atoms with Crippen molar-refractivity contribution >= 4 is 5.82 Å². The molecule has 1 aromatic heterocycles. The minimum absolute atomic E-state index is 0.0802. The number of anilines is 1. The second-order valence-electron chi connectivity index (χ2n) is 5.80. The van der Waals surface area contributed by atoms with Crippen molar-refractivity contribution in [3.63, 3.8) is 0 Å². The molecule has 4 unspecified atom stereocenters. The summed E-state index contributed by atoms with van der Waals surface area (Å²) in [7, 11) is 0. The van der Waals surface area contributed by atoms with Gasteiger partial charge in [-0.15, -0.1) is 0 Å². The van der Waals surface area contributed by atoms with Gasteiger partial charge in [-0.3, -0.25) is 4.98 Å². The number of nitrogens with zero attached hydrogens (tertiary/aromatic N) is 2. The third-order valence-corrected chi connectivity index (χ3v) is 3.96. The van der Waals surface area contributed by atoms with Crippen LogP contribution in [0.5, 0.6) is 5.88 Å². The maximum Gasteiger partial charge on any atom is 0.234 e. The molecule has 1 aromatic rings. The average Bonchev–Trinajstić information content (AvgIpc) is 2.44. The third kappa shape index (κ3) is 2.58. The van der Waals surface area contributed by atoms with E-state index in [0.29, 0.717) is 17.6 Å². The molecule has 1 aliphatic heterocycles. The van der Waals surface area contributed by atoms with E-state index in [2.05, 4.69) is 15.3 Å². The first kappa shape index (κ1) is 13.6. The minimum atomic E-state index is 0.0802. The molecule has 110 valence electrons. The molecule has 6 heteroatoms. The van der Waals surface area contributed by atoms with Gasteiger partial charge in [0, 0.05) is 18.6 Å². The number of nitrogens with two attached hydrogens (primary N) is 1. The Morgan fingerprint density at radius 2 is 2.30 bits per heavy atom. The highest BCUT2D eigenvalue weighted by Gasteiger charge is 2.50. The number of rotatable bonds is 4. The van der Waals surface area contributed by atoms with Crippen LogP contribution in [0.15, 0.2) is 12.4 Å². The average molecular weight is 278 g/mol. The van der Waals surface area contributed by atoms with E-state index in [1.165, 1.54) is 0 Å². The van der Waals surface area contributed by atoms with E-state index in [-0.39, 0.29) is 24.3 Å². The number of aromatic nitrogens is 2. The highest BCUT2D eigenvalue weighted by Crippen LogP contribution is 2.38. The molecule has 0 spiro atoms. The van der Waals surface area contributed by atoms with E-state index in [9.17, 15) is 0 Å². The predicted molar refractivity (Wildman–Crippen MR) is 75.6 cm³/mol. The van der Waals surface area contributed by atoms with Crippen molar-refractivity contribution in [2.75, 3.05) is 11.9 Å². The van der Waals surface area contributed by atoms with E-state index >= 15 is 0 Å². The molecular formula is C14H22N4O2. The molecule has 0 radical (unpaired) electrons. The number of hydrogen-bond acceptors (Lipinski definition) is 6. The highest BCUT2D eigenvalue weighted by atomic mass is 16.5. The first-order valence-corrected chi connectivity index (χ1v) is 7.27. The number of ether oxygens (including phenoxy) is 2. The van der Waals surface area contributed by atoms with Crippen LogP contribution in [-0.2, 0) is 4.74 Å².